The fourth-order valence-electron chi connectivity index (χ4n) is 1.32. The average molecular weight is 230 g/mol. The topological polar surface area (TPSA) is 46.2 Å². The highest BCUT2D eigenvalue weighted by Gasteiger charge is 2.34. The van der Waals surface area contributed by atoms with Crippen LogP contribution in [-0.2, 0) is 0 Å². The molecule has 0 heterocycles. The summed E-state index contributed by atoms with van der Waals surface area (Å²) >= 11 is 0. The minimum atomic E-state index is 0. The summed E-state index contributed by atoms with van der Waals surface area (Å²) in [6.45, 7) is 0. The fraction of sp³-hybridized carbons (Fsp3) is 0.333. The van der Waals surface area contributed by atoms with Crippen molar-refractivity contribution < 1.29 is 5.11 Å². The lowest BCUT2D eigenvalue weighted by Gasteiger charge is -1.97. The summed E-state index contributed by atoms with van der Waals surface area (Å²) < 4.78 is 0. The van der Waals surface area contributed by atoms with Crippen LogP contribution in [0.1, 0.15) is 17.9 Å². The molecule has 1 aromatic rings. The Morgan fingerprint density at radius 3 is 2.17 bits per heavy atom. The van der Waals surface area contributed by atoms with Crippen molar-refractivity contribution in [3.63, 3.8) is 0 Å². The van der Waals surface area contributed by atoms with Gasteiger partial charge in [0, 0.05) is 12.0 Å². The molecule has 0 aromatic heterocycles. The second-order valence-electron chi connectivity index (χ2n) is 3.10. The van der Waals surface area contributed by atoms with Crippen molar-refractivity contribution >= 4 is 17.0 Å². The largest absolute Gasteiger partial charge is 0.508 e. The first kappa shape index (κ1) is 9.55. The Morgan fingerprint density at radius 2 is 1.75 bits per heavy atom. The maximum atomic E-state index is 8.99. The van der Waals surface area contributed by atoms with Crippen LogP contribution in [0.2, 0.25) is 0 Å². The van der Waals surface area contributed by atoms with E-state index in [4.69, 9.17) is 10.8 Å². The monoisotopic (exact) mass is 229 g/mol. The summed E-state index contributed by atoms with van der Waals surface area (Å²) in [5.41, 5.74) is 6.92. The molecule has 0 bridgehead atoms. The van der Waals surface area contributed by atoms with E-state index < -0.39 is 0 Å². The van der Waals surface area contributed by atoms with Gasteiger partial charge in [0.1, 0.15) is 5.75 Å². The predicted octanol–water partition coefficient (Wildman–Crippen LogP) is 1.78. The van der Waals surface area contributed by atoms with E-state index in [0.29, 0.717) is 17.7 Å². The summed E-state index contributed by atoms with van der Waals surface area (Å²) in [5.74, 6) is 0.860. The van der Waals surface area contributed by atoms with Gasteiger partial charge < -0.3 is 10.8 Å². The van der Waals surface area contributed by atoms with Gasteiger partial charge in [-0.05, 0) is 24.1 Å². The number of phenolic OH excluding ortho intramolecular Hbond substituents is 1. The highest BCUT2D eigenvalue weighted by molar-refractivity contribution is 8.93. The molecular weight excluding hydrogens is 218 g/mol. The zero-order valence-corrected chi connectivity index (χ0v) is 8.32. The van der Waals surface area contributed by atoms with Crippen molar-refractivity contribution in [2.75, 3.05) is 0 Å². The number of benzene rings is 1. The molecule has 3 heteroatoms. The summed E-state index contributed by atoms with van der Waals surface area (Å²) in [5, 5.41) is 8.99. The molecule has 0 saturated heterocycles. The zero-order chi connectivity index (χ0) is 7.84. The van der Waals surface area contributed by atoms with Gasteiger partial charge in [-0.25, -0.2) is 0 Å². The van der Waals surface area contributed by atoms with Crippen LogP contribution in [0, 0.1) is 0 Å². The molecule has 1 aromatic carbocycles. The van der Waals surface area contributed by atoms with E-state index in [9.17, 15) is 0 Å². The molecule has 2 unspecified atom stereocenters. The first-order valence-corrected chi connectivity index (χ1v) is 3.82. The van der Waals surface area contributed by atoms with Gasteiger partial charge in [-0.1, -0.05) is 12.1 Å². The lowest BCUT2D eigenvalue weighted by atomic mass is 10.1. The first-order valence-electron chi connectivity index (χ1n) is 3.82. The Labute approximate surface area is 82.2 Å². The SMILES string of the molecule is Br.NC1CC1c1ccc(O)cc1. The number of hydrogen-bond donors (Lipinski definition) is 2. The van der Waals surface area contributed by atoms with Crippen molar-refractivity contribution in [1.29, 1.82) is 0 Å². The van der Waals surface area contributed by atoms with E-state index in [1.165, 1.54) is 5.56 Å². The molecule has 1 saturated carbocycles. The summed E-state index contributed by atoms with van der Waals surface area (Å²) in [7, 11) is 0. The fourth-order valence-corrected chi connectivity index (χ4v) is 1.32. The van der Waals surface area contributed by atoms with Crippen LogP contribution >= 0.6 is 17.0 Å². The van der Waals surface area contributed by atoms with Crippen LogP contribution in [0.25, 0.3) is 0 Å². The molecule has 1 aliphatic carbocycles. The lowest BCUT2D eigenvalue weighted by molar-refractivity contribution is 0.475. The molecule has 0 spiro atoms. The number of nitrogens with two attached hydrogens (primary N) is 1. The summed E-state index contributed by atoms with van der Waals surface area (Å²) in [6.07, 6.45) is 1.09. The summed E-state index contributed by atoms with van der Waals surface area (Å²) in [6, 6.07) is 7.64. The Hall–Kier alpha value is -0.540. The van der Waals surface area contributed by atoms with Crippen LogP contribution in [0.3, 0.4) is 0 Å². The second-order valence-corrected chi connectivity index (χ2v) is 3.10. The van der Waals surface area contributed by atoms with E-state index in [1.54, 1.807) is 12.1 Å². The maximum absolute atomic E-state index is 8.99. The van der Waals surface area contributed by atoms with Gasteiger partial charge in [0.25, 0.3) is 0 Å². The molecular formula is C9H12BrNO. The van der Waals surface area contributed by atoms with Crippen LogP contribution in [0.5, 0.6) is 5.75 Å². The first-order chi connectivity index (χ1) is 5.27. The Bertz CT molecular complexity index is 260. The molecule has 1 fully saturated rings. The smallest absolute Gasteiger partial charge is 0.115 e. The Kier molecular flexibility index (Phi) is 2.75. The van der Waals surface area contributed by atoms with E-state index in [2.05, 4.69) is 0 Å². The van der Waals surface area contributed by atoms with Crippen molar-refractivity contribution in [2.45, 2.75) is 18.4 Å². The number of aromatic hydroxyl groups is 1. The minimum absolute atomic E-state index is 0. The summed E-state index contributed by atoms with van der Waals surface area (Å²) in [4.78, 5) is 0. The van der Waals surface area contributed by atoms with E-state index in [0.717, 1.165) is 6.42 Å². The highest BCUT2D eigenvalue weighted by Crippen LogP contribution is 2.39. The van der Waals surface area contributed by atoms with Crippen LogP contribution in [0.4, 0.5) is 0 Å². The normalized spacial score (nSPS) is 26.1. The molecule has 2 rings (SSSR count). The van der Waals surface area contributed by atoms with Crippen LogP contribution < -0.4 is 5.73 Å². The molecule has 2 atom stereocenters. The molecule has 66 valence electrons. The van der Waals surface area contributed by atoms with E-state index in [1.807, 2.05) is 12.1 Å². The van der Waals surface area contributed by atoms with Crippen molar-refractivity contribution in [3.8, 4) is 5.75 Å². The van der Waals surface area contributed by atoms with Gasteiger partial charge >= 0.3 is 0 Å². The third-order valence-corrected chi connectivity index (χ3v) is 2.16. The van der Waals surface area contributed by atoms with E-state index >= 15 is 0 Å². The van der Waals surface area contributed by atoms with Gasteiger partial charge in [-0.15, -0.1) is 17.0 Å². The molecule has 0 aliphatic heterocycles. The van der Waals surface area contributed by atoms with Gasteiger partial charge in [-0.2, -0.15) is 0 Å². The standard InChI is InChI=1S/C9H11NO.BrH/c10-9-5-8(9)6-1-3-7(11)4-2-6;/h1-4,8-9,11H,5,10H2;1H. The molecule has 1 aliphatic rings. The Balaban J connectivity index is 0.000000720. The average Bonchev–Trinajstić information content (AvgIpc) is 2.69. The number of halogens is 1. The quantitative estimate of drug-likeness (QED) is 0.772. The second kappa shape index (κ2) is 3.46. The highest BCUT2D eigenvalue weighted by atomic mass is 79.9. The van der Waals surface area contributed by atoms with Crippen LogP contribution in [-0.4, -0.2) is 11.1 Å². The predicted molar refractivity (Wildman–Crippen MR) is 53.8 cm³/mol. The molecule has 12 heavy (non-hydrogen) atoms. The van der Waals surface area contributed by atoms with E-state index in [-0.39, 0.29) is 17.0 Å². The maximum Gasteiger partial charge on any atom is 0.115 e. The number of phenols is 1. The van der Waals surface area contributed by atoms with Gasteiger partial charge in [0.05, 0.1) is 0 Å². The third-order valence-electron chi connectivity index (χ3n) is 2.16. The van der Waals surface area contributed by atoms with Gasteiger partial charge in [0.15, 0.2) is 0 Å². The zero-order valence-electron chi connectivity index (χ0n) is 6.60. The molecule has 3 N–H and O–H groups in total. The van der Waals surface area contributed by atoms with Crippen LogP contribution in [0.15, 0.2) is 24.3 Å². The van der Waals surface area contributed by atoms with Crippen molar-refractivity contribution in [1.82, 2.24) is 0 Å². The Morgan fingerprint density at radius 1 is 1.25 bits per heavy atom. The molecule has 2 nitrogen and oxygen atoms in total. The number of hydrogen-bond acceptors (Lipinski definition) is 2. The molecule has 0 radical (unpaired) electrons. The van der Waals surface area contributed by atoms with Crippen molar-refractivity contribution in [2.24, 2.45) is 5.73 Å². The van der Waals surface area contributed by atoms with Gasteiger partial charge in [0.2, 0.25) is 0 Å². The third kappa shape index (κ3) is 1.79. The molecule has 0 amide bonds. The van der Waals surface area contributed by atoms with Crippen molar-refractivity contribution in [3.05, 3.63) is 29.8 Å². The van der Waals surface area contributed by atoms with Gasteiger partial charge in [-0.3, -0.25) is 0 Å². The lowest BCUT2D eigenvalue weighted by Crippen LogP contribution is -2.00. The number of rotatable bonds is 1. The minimum Gasteiger partial charge on any atom is -0.508 e.